The number of likely N-dealkylation sites (N-methyl/N-ethyl adjacent to an activating group) is 1. The van der Waals surface area contributed by atoms with Crippen LogP contribution in [-0.4, -0.2) is 53.9 Å². The number of aromatic nitrogens is 5. The van der Waals surface area contributed by atoms with Crippen molar-refractivity contribution < 1.29 is 9.53 Å². The van der Waals surface area contributed by atoms with Gasteiger partial charge < -0.3 is 9.64 Å². The Morgan fingerprint density at radius 1 is 1.41 bits per heavy atom. The van der Waals surface area contributed by atoms with Crippen molar-refractivity contribution in [3.05, 3.63) is 43.5 Å². The number of fused-ring (bicyclic) bond motifs is 1. The van der Waals surface area contributed by atoms with E-state index in [1.54, 1.807) is 33.5 Å². The van der Waals surface area contributed by atoms with Crippen molar-refractivity contribution in [1.82, 2.24) is 29.3 Å². The van der Waals surface area contributed by atoms with E-state index in [0.717, 1.165) is 29.6 Å². The predicted octanol–water partition coefficient (Wildman–Crippen LogP) is 2.07. The first-order chi connectivity index (χ1) is 12.9. The third-order valence-electron chi connectivity index (χ3n) is 5.10. The van der Waals surface area contributed by atoms with Gasteiger partial charge in [-0.1, -0.05) is 6.58 Å². The summed E-state index contributed by atoms with van der Waals surface area (Å²) in [4.78, 5) is 18.2. The molecule has 0 atom stereocenters. The Labute approximate surface area is 157 Å². The minimum Gasteiger partial charge on any atom is -0.470 e. The van der Waals surface area contributed by atoms with Gasteiger partial charge in [0.25, 0.3) is 0 Å². The lowest BCUT2D eigenvalue weighted by Gasteiger charge is -2.48. The maximum atomic E-state index is 11.8. The predicted molar refractivity (Wildman–Crippen MR) is 100 cm³/mol. The highest BCUT2D eigenvalue weighted by molar-refractivity contribution is 5.87. The van der Waals surface area contributed by atoms with Gasteiger partial charge in [-0.2, -0.15) is 10.2 Å². The van der Waals surface area contributed by atoms with Crippen LogP contribution in [0.3, 0.4) is 0 Å². The number of carbonyl (C=O) groups is 1. The Morgan fingerprint density at radius 3 is 2.85 bits per heavy atom. The molecule has 8 nitrogen and oxygen atoms in total. The molecule has 3 aromatic rings. The first kappa shape index (κ1) is 17.3. The standard InChI is InChI=1S/C19H22N6O2/c1-5-17(26)24(4)14-8-19(2,9-14)27-18-16-6-7-20-25(16)12-15(22-18)13-10-21-23(3)11-13/h5-7,10-12,14H,1,8-9H2,2-4H3/t14-,19+. The number of rotatable bonds is 5. The van der Waals surface area contributed by atoms with Gasteiger partial charge in [0.2, 0.25) is 11.8 Å². The molecule has 0 N–H and O–H groups in total. The Bertz CT molecular complexity index is 1010. The van der Waals surface area contributed by atoms with Crippen LogP contribution in [0.2, 0.25) is 0 Å². The van der Waals surface area contributed by atoms with Gasteiger partial charge in [-0.25, -0.2) is 9.50 Å². The van der Waals surface area contributed by atoms with Crippen LogP contribution >= 0.6 is 0 Å². The summed E-state index contributed by atoms with van der Waals surface area (Å²) in [7, 11) is 3.66. The molecule has 1 saturated carbocycles. The van der Waals surface area contributed by atoms with Gasteiger partial charge >= 0.3 is 0 Å². The zero-order valence-electron chi connectivity index (χ0n) is 15.7. The molecule has 0 aliphatic heterocycles. The molecule has 27 heavy (non-hydrogen) atoms. The number of ether oxygens (including phenoxy) is 1. The molecular weight excluding hydrogens is 344 g/mol. The second-order valence-corrected chi connectivity index (χ2v) is 7.26. The second-order valence-electron chi connectivity index (χ2n) is 7.26. The summed E-state index contributed by atoms with van der Waals surface area (Å²) in [5, 5.41) is 8.54. The van der Waals surface area contributed by atoms with Crippen molar-refractivity contribution in [1.29, 1.82) is 0 Å². The van der Waals surface area contributed by atoms with Crippen LogP contribution in [0.15, 0.2) is 43.5 Å². The summed E-state index contributed by atoms with van der Waals surface area (Å²) in [6.45, 7) is 5.59. The fraction of sp³-hybridized carbons (Fsp3) is 0.368. The lowest BCUT2D eigenvalue weighted by atomic mass is 9.76. The van der Waals surface area contributed by atoms with Crippen molar-refractivity contribution >= 4 is 11.4 Å². The molecule has 1 aliphatic carbocycles. The highest BCUT2D eigenvalue weighted by Crippen LogP contribution is 2.40. The first-order valence-corrected chi connectivity index (χ1v) is 8.80. The monoisotopic (exact) mass is 366 g/mol. The first-order valence-electron chi connectivity index (χ1n) is 8.80. The Kier molecular flexibility index (Phi) is 3.98. The average molecular weight is 366 g/mol. The van der Waals surface area contributed by atoms with Gasteiger partial charge in [-0.05, 0) is 19.1 Å². The maximum Gasteiger partial charge on any atom is 0.245 e. The molecule has 3 aromatic heterocycles. The molecular formula is C19H22N6O2. The van der Waals surface area contributed by atoms with Gasteiger partial charge in [0.05, 0.1) is 24.3 Å². The Hall–Kier alpha value is -3.16. The molecule has 8 heteroatoms. The van der Waals surface area contributed by atoms with Crippen molar-refractivity contribution in [2.75, 3.05) is 7.05 Å². The largest absolute Gasteiger partial charge is 0.470 e. The maximum absolute atomic E-state index is 11.8. The minimum absolute atomic E-state index is 0.0723. The Balaban J connectivity index is 1.60. The van der Waals surface area contributed by atoms with E-state index in [0.29, 0.717) is 5.88 Å². The fourth-order valence-corrected chi connectivity index (χ4v) is 3.52. The number of hydrogen-bond acceptors (Lipinski definition) is 5. The SMILES string of the molecule is C=CC(=O)N(C)[C@H]1C[C@@](C)(Oc2nc(-c3cnn(C)c3)cn3nccc23)C1. The Morgan fingerprint density at radius 2 is 2.19 bits per heavy atom. The molecule has 0 aromatic carbocycles. The van der Waals surface area contributed by atoms with Crippen LogP contribution < -0.4 is 4.74 Å². The second kappa shape index (κ2) is 6.22. The number of amides is 1. The quantitative estimate of drug-likeness (QED) is 0.646. The molecule has 0 spiro atoms. The smallest absolute Gasteiger partial charge is 0.245 e. The molecule has 0 radical (unpaired) electrons. The number of hydrogen-bond donors (Lipinski definition) is 0. The molecule has 1 aliphatic rings. The summed E-state index contributed by atoms with van der Waals surface area (Å²) in [5.74, 6) is 0.462. The minimum atomic E-state index is -0.383. The van der Waals surface area contributed by atoms with E-state index < -0.39 is 0 Å². The highest BCUT2D eigenvalue weighted by Gasteiger charge is 2.45. The van der Waals surface area contributed by atoms with Crippen molar-refractivity contribution in [3.63, 3.8) is 0 Å². The summed E-state index contributed by atoms with van der Waals surface area (Å²) < 4.78 is 9.80. The van der Waals surface area contributed by atoms with E-state index >= 15 is 0 Å². The molecule has 4 rings (SSSR count). The summed E-state index contributed by atoms with van der Waals surface area (Å²) in [5.41, 5.74) is 2.06. The van der Waals surface area contributed by atoms with E-state index in [4.69, 9.17) is 9.72 Å². The molecule has 1 amide bonds. The van der Waals surface area contributed by atoms with Crippen molar-refractivity contribution in [2.45, 2.75) is 31.4 Å². The van der Waals surface area contributed by atoms with E-state index in [1.165, 1.54) is 6.08 Å². The van der Waals surface area contributed by atoms with Gasteiger partial charge in [0.1, 0.15) is 11.1 Å². The number of aryl methyl sites for hydroxylation is 1. The van der Waals surface area contributed by atoms with Crippen LogP contribution in [0.25, 0.3) is 16.8 Å². The number of nitrogens with zero attached hydrogens (tertiary/aromatic N) is 6. The molecule has 0 saturated heterocycles. The van der Waals surface area contributed by atoms with E-state index in [9.17, 15) is 4.79 Å². The summed E-state index contributed by atoms with van der Waals surface area (Å²) in [6.07, 6.45) is 10.1. The lowest BCUT2D eigenvalue weighted by Crippen LogP contribution is -2.56. The topological polar surface area (TPSA) is 77.6 Å². The third-order valence-corrected chi connectivity index (χ3v) is 5.10. The third kappa shape index (κ3) is 3.07. The van der Waals surface area contributed by atoms with Gasteiger partial charge in [0, 0.05) is 44.7 Å². The summed E-state index contributed by atoms with van der Waals surface area (Å²) in [6, 6.07) is 2.02. The van der Waals surface area contributed by atoms with Crippen LogP contribution in [0.1, 0.15) is 19.8 Å². The molecule has 0 bridgehead atoms. The van der Waals surface area contributed by atoms with Crippen LogP contribution in [0.4, 0.5) is 0 Å². The highest BCUT2D eigenvalue weighted by atomic mass is 16.5. The lowest BCUT2D eigenvalue weighted by molar-refractivity contribution is -0.133. The zero-order valence-corrected chi connectivity index (χ0v) is 15.7. The van der Waals surface area contributed by atoms with Crippen molar-refractivity contribution in [2.24, 2.45) is 7.05 Å². The van der Waals surface area contributed by atoms with Gasteiger partial charge in [0.15, 0.2) is 0 Å². The normalized spacial score (nSPS) is 21.7. The molecule has 1 fully saturated rings. The zero-order chi connectivity index (χ0) is 19.2. The van der Waals surface area contributed by atoms with Gasteiger partial charge in [-0.3, -0.25) is 9.48 Å². The van der Waals surface area contributed by atoms with Crippen LogP contribution in [0, 0.1) is 0 Å². The van der Waals surface area contributed by atoms with Crippen LogP contribution in [0.5, 0.6) is 5.88 Å². The van der Waals surface area contributed by atoms with Crippen LogP contribution in [-0.2, 0) is 11.8 Å². The average Bonchev–Trinajstić information content (AvgIpc) is 3.26. The van der Waals surface area contributed by atoms with Gasteiger partial charge in [-0.15, -0.1) is 0 Å². The van der Waals surface area contributed by atoms with E-state index in [-0.39, 0.29) is 17.6 Å². The molecule has 0 unspecified atom stereocenters. The molecule has 3 heterocycles. The molecule has 140 valence electrons. The van der Waals surface area contributed by atoms with E-state index in [1.807, 2.05) is 32.4 Å². The number of carbonyl (C=O) groups excluding carboxylic acids is 1. The summed E-state index contributed by atoms with van der Waals surface area (Å²) >= 11 is 0. The van der Waals surface area contributed by atoms with E-state index in [2.05, 4.69) is 16.8 Å². The van der Waals surface area contributed by atoms with Crippen molar-refractivity contribution in [3.8, 4) is 17.1 Å². The fourth-order valence-electron chi connectivity index (χ4n) is 3.52.